The van der Waals surface area contributed by atoms with E-state index in [-0.39, 0.29) is 5.91 Å². The fourth-order valence-electron chi connectivity index (χ4n) is 3.32. The van der Waals surface area contributed by atoms with Crippen LogP contribution < -0.4 is 4.74 Å². The lowest BCUT2D eigenvalue weighted by Crippen LogP contribution is -2.48. The Morgan fingerprint density at radius 2 is 1.79 bits per heavy atom. The molecule has 5 nitrogen and oxygen atoms in total. The second-order valence-corrected chi connectivity index (χ2v) is 7.93. The number of aromatic nitrogens is 1. The smallest absolute Gasteiger partial charge is 0.254 e. The molecule has 1 fully saturated rings. The highest BCUT2D eigenvalue weighted by Gasteiger charge is 2.23. The SMILES string of the molecule is Cc1nc(CN2CCN(C(=O)c3cccc(Oc4ccccc4)c3)CC2)cs1. The molecule has 4 rings (SSSR count). The monoisotopic (exact) mass is 393 g/mol. The number of carbonyl (C=O) groups excluding carboxylic acids is 1. The van der Waals surface area contributed by atoms with Gasteiger partial charge >= 0.3 is 0 Å². The van der Waals surface area contributed by atoms with Gasteiger partial charge in [0.25, 0.3) is 5.91 Å². The zero-order valence-electron chi connectivity index (χ0n) is 15.9. The van der Waals surface area contributed by atoms with E-state index in [9.17, 15) is 4.79 Å². The number of ether oxygens (including phenoxy) is 1. The zero-order chi connectivity index (χ0) is 19.3. The Hall–Kier alpha value is -2.70. The molecule has 0 atom stereocenters. The van der Waals surface area contributed by atoms with Gasteiger partial charge in [-0.3, -0.25) is 9.69 Å². The molecule has 3 aromatic rings. The first-order valence-corrected chi connectivity index (χ1v) is 10.3. The molecule has 0 aliphatic carbocycles. The van der Waals surface area contributed by atoms with Crippen LogP contribution in [0, 0.1) is 6.92 Å². The van der Waals surface area contributed by atoms with Gasteiger partial charge in [0.05, 0.1) is 10.7 Å². The van der Waals surface area contributed by atoms with E-state index < -0.39 is 0 Å². The van der Waals surface area contributed by atoms with Crippen molar-refractivity contribution in [1.82, 2.24) is 14.8 Å². The molecular weight excluding hydrogens is 370 g/mol. The summed E-state index contributed by atoms with van der Waals surface area (Å²) in [7, 11) is 0. The van der Waals surface area contributed by atoms with Gasteiger partial charge in [0, 0.05) is 43.7 Å². The molecule has 1 amide bonds. The van der Waals surface area contributed by atoms with Crippen molar-refractivity contribution in [2.75, 3.05) is 26.2 Å². The van der Waals surface area contributed by atoms with Gasteiger partial charge in [-0.05, 0) is 37.3 Å². The third-order valence-corrected chi connectivity index (χ3v) is 5.59. The molecule has 0 N–H and O–H groups in total. The van der Waals surface area contributed by atoms with Crippen LogP contribution >= 0.6 is 11.3 Å². The molecule has 1 saturated heterocycles. The molecule has 2 aromatic carbocycles. The molecule has 0 saturated carbocycles. The summed E-state index contributed by atoms with van der Waals surface area (Å²) in [5.41, 5.74) is 1.78. The van der Waals surface area contributed by atoms with Gasteiger partial charge in [-0.1, -0.05) is 24.3 Å². The van der Waals surface area contributed by atoms with Crippen LogP contribution in [0.15, 0.2) is 60.0 Å². The molecule has 144 valence electrons. The first-order chi connectivity index (χ1) is 13.7. The number of nitrogens with zero attached hydrogens (tertiary/aromatic N) is 3. The predicted octanol–water partition coefficient (Wildman–Crippen LogP) is 4.20. The predicted molar refractivity (Wildman–Crippen MR) is 111 cm³/mol. The lowest BCUT2D eigenvalue weighted by molar-refractivity contribution is 0.0627. The number of thiazole rings is 1. The molecule has 1 aromatic heterocycles. The summed E-state index contributed by atoms with van der Waals surface area (Å²) in [6, 6.07) is 17.0. The topological polar surface area (TPSA) is 45.7 Å². The van der Waals surface area contributed by atoms with E-state index in [1.54, 1.807) is 11.3 Å². The van der Waals surface area contributed by atoms with Crippen LogP contribution in [0.25, 0.3) is 0 Å². The third kappa shape index (κ3) is 4.58. The Morgan fingerprint density at radius 1 is 1.04 bits per heavy atom. The third-order valence-electron chi connectivity index (χ3n) is 4.77. The molecular formula is C22H23N3O2S. The Kier molecular flexibility index (Phi) is 5.69. The van der Waals surface area contributed by atoms with Crippen LogP contribution in [0.2, 0.25) is 0 Å². The number of hydrogen-bond donors (Lipinski definition) is 0. The van der Waals surface area contributed by atoms with Crippen molar-refractivity contribution >= 4 is 17.2 Å². The lowest BCUT2D eigenvalue weighted by Gasteiger charge is -2.34. The van der Waals surface area contributed by atoms with Gasteiger partial charge in [0.15, 0.2) is 0 Å². The Balaban J connectivity index is 1.35. The average molecular weight is 394 g/mol. The highest BCUT2D eigenvalue weighted by molar-refractivity contribution is 7.09. The number of aryl methyl sites for hydroxylation is 1. The minimum absolute atomic E-state index is 0.0580. The van der Waals surface area contributed by atoms with Gasteiger partial charge in [-0.25, -0.2) is 4.98 Å². The molecule has 0 radical (unpaired) electrons. The Bertz CT molecular complexity index is 934. The number of amides is 1. The van der Waals surface area contributed by atoms with Crippen LogP contribution in [0.5, 0.6) is 11.5 Å². The minimum Gasteiger partial charge on any atom is -0.457 e. The number of benzene rings is 2. The molecule has 0 spiro atoms. The fraction of sp³-hybridized carbons (Fsp3) is 0.273. The summed E-state index contributed by atoms with van der Waals surface area (Å²) in [4.78, 5) is 21.7. The van der Waals surface area contributed by atoms with Crippen LogP contribution in [0.3, 0.4) is 0 Å². The largest absolute Gasteiger partial charge is 0.457 e. The van der Waals surface area contributed by atoms with E-state index in [1.807, 2.05) is 66.4 Å². The van der Waals surface area contributed by atoms with Gasteiger partial charge in [-0.2, -0.15) is 0 Å². The van der Waals surface area contributed by atoms with Gasteiger partial charge < -0.3 is 9.64 Å². The standard InChI is InChI=1S/C22H23N3O2S/c1-17-23-19(16-28-17)15-24-10-12-25(13-11-24)22(26)18-6-5-9-21(14-18)27-20-7-3-2-4-8-20/h2-9,14,16H,10-13,15H2,1H3. The highest BCUT2D eigenvalue weighted by Crippen LogP contribution is 2.23. The van der Waals surface area contributed by atoms with Gasteiger partial charge in [-0.15, -0.1) is 11.3 Å². The van der Waals surface area contributed by atoms with Crippen molar-refractivity contribution < 1.29 is 9.53 Å². The van der Waals surface area contributed by atoms with Crippen molar-refractivity contribution in [2.24, 2.45) is 0 Å². The van der Waals surface area contributed by atoms with Crippen molar-refractivity contribution in [3.05, 3.63) is 76.2 Å². The molecule has 1 aliphatic heterocycles. The van der Waals surface area contributed by atoms with E-state index >= 15 is 0 Å². The summed E-state index contributed by atoms with van der Waals surface area (Å²) in [6.07, 6.45) is 0. The first kappa shape index (κ1) is 18.7. The molecule has 0 bridgehead atoms. The second-order valence-electron chi connectivity index (χ2n) is 6.87. The molecule has 2 heterocycles. The summed E-state index contributed by atoms with van der Waals surface area (Å²) in [5.74, 6) is 1.50. The summed E-state index contributed by atoms with van der Waals surface area (Å²) >= 11 is 1.68. The summed E-state index contributed by atoms with van der Waals surface area (Å²) < 4.78 is 5.86. The second kappa shape index (κ2) is 8.54. The molecule has 6 heteroatoms. The van der Waals surface area contributed by atoms with Crippen LogP contribution in [0.4, 0.5) is 0 Å². The molecule has 0 unspecified atom stereocenters. The van der Waals surface area contributed by atoms with Crippen LogP contribution in [-0.2, 0) is 6.54 Å². The summed E-state index contributed by atoms with van der Waals surface area (Å²) in [5, 5.41) is 3.21. The number of carbonyl (C=O) groups is 1. The normalized spacial score (nSPS) is 14.8. The number of hydrogen-bond acceptors (Lipinski definition) is 5. The van der Waals surface area contributed by atoms with Crippen molar-refractivity contribution in [1.29, 1.82) is 0 Å². The maximum Gasteiger partial charge on any atom is 0.254 e. The van der Waals surface area contributed by atoms with Crippen LogP contribution in [0.1, 0.15) is 21.1 Å². The minimum atomic E-state index is 0.0580. The Morgan fingerprint density at radius 3 is 2.50 bits per heavy atom. The van der Waals surface area contributed by atoms with Gasteiger partial charge in [0.1, 0.15) is 11.5 Å². The maximum absolute atomic E-state index is 12.9. The summed E-state index contributed by atoms with van der Waals surface area (Å²) in [6.45, 7) is 6.07. The van der Waals surface area contributed by atoms with E-state index in [0.29, 0.717) is 11.3 Å². The zero-order valence-corrected chi connectivity index (χ0v) is 16.7. The lowest BCUT2D eigenvalue weighted by atomic mass is 10.1. The van der Waals surface area contributed by atoms with E-state index in [2.05, 4.69) is 15.3 Å². The fourth-order valence-corrected chi connectivity index (χ4v) is 3.92. The number of piperazine rings is 1. The number of rotatable bonds is 5. The maximum atomic E-state index is 12.9. The van der Waals surface area contributed by atoms with Crippen molar-refractivity contribution in [2.45, 2.75) is 13.5 Å². The van der Waals surface area contributed by atoms with Gasteiger partial charge in [0.2, 0.25) is 0 Å². The van der Waals surface area contributed by atoms with E-state index in [1.165, 1.54) is 0 Å². The van der Waals surface area contributed by atoms with E-state index in [0.717, 1.165) is 49.2 Å². The van der Waals surface area contributed by atoms with Crippen molar-refractivity contribution in [3.63, 3.8) is 0 Å². The average Bonchev–Trinajstić information content (AvgIpc) is 3.13. The van der Waals surface area contributed by atoms with E-state index in [4.69, 9.17) is 4.74 Å². The quantitative estimate of drug-likeness (QED) is 0.652. The molecule has 1 aliphatic rings. The number of para-hydroxylation sites is 1. The Labute approximate surface area is 169 Å². The highest BCUT2D eigenvalue weighted by atomic mass is 32.1. The van der Waals surface area contributed by atoms with Crippen molar-refractivity contribution in [3.8, 4) is 11.5 Å². The first-order valence-electron chi connectivity index (χ1n) is 9.43. The van der Waals surface area contributed by atoms with Crippen LogP contribution in [-0.4, -0.2) is 46.9 Å². The molecule has 28 heavy (non-hydrogen) atoms.